The number of alkyl halides is 3. The number of methoxy groups -OCH3 is 1. The van der Waals surface area contributed by atoms with E-state index < -0.39 is 11.9 Å². The van der Waals surface area contributed by atoms with Crippen LogP contribution in [0.5, 0.6) is 5.75 Å². The van der Waals surface area contributed by atoms with Crippen molar-refractivity contribution in [3.63, 3.8) is 0 Å². The summed E-state index contributed by atoms with van der Waals surface area (Å²) in [5.74, 6) is 0.423. The molecule has 0 atom stereocenters. The Morgan fingerprint density at radius 2 is 2.00 bits per heavy atom. The molecular weight excluding hydrogens is 247 g/mol. The first-order chi connectivity index (χ1) is 8.41. The molecule has 0 radical (unpaired) electrons. The Kier molecular flexibility index (Phi) is 2.90. The zero-order chi connectivity index (χ0) is 13.3. The third-order valence-electron chi connectivity index (χ3n) is 2.33. The van der Waals surface area contributed by atoms with Crippen LogP contribution in [0.25, 0.3) is 5.69 Å². The van der Waals surface area contributed by atoms with E-state index in [4.69, 9.17) is 10.5 Å². The summed E-state index contributed by atoms with van der Waals surface area (Å²) < 4.78 is 43.5. The van der Waals surface area contributed by atoms with Crippen LogP contribution in [0.1, 0.15) is 5.69 Å². The second-order valence-electron chi connectivity index (χ2n) is 3.57. The summed E-state index contributed by atoms with van der Waals surface area (Å²) in [6.45, 7) is 0. The van der Waals surface area contributed by atoms with Gasteiger partial charge in [0.1, 0.15) is 11.6 Å². The Morgan fingerprint density at radius 3 is 2.56 bits per heavy atom. The fourth-order valence-corrected chi connectivity index (χ4v) is 1.48. The lowest BCUT2D eigenvalue weighted by Crippen LogP contribution is -2.07. The van der Waals surface area contributed by atoms with E-state index in [1.807, 2.05) is 0 Å². The molecule has 2 N–H and O–H groups in total. The predicted molar refractivity (Wildman–Crippen MR) is 59.5 cm³/mol. The number of rotatable bonds is 2. The summed E-state index contributed by atoms with van der Waals surface area (Å²) in [4.78, 5) is 0. The summed E-state index contributed by atoms with van der Waals surface area (Å²) in [5.41, 5.74) is 4.90. The Bertz CT molecular complexity index is 563. The highest BCUT2D eigenvalue weighted by Gasteiger charge is 2.34. The number of benzene rings is 1. The van der Waals surface area contributed by atoms with Crippen LogP contribution in [0.15, 0.2) is 30.3 Å². The number of nitrogens with two attached hydrogens (primary N) is 1. The van der Waals surface area contributed by atoms with E-state index in [9.17, 15) is 13.2 Å². The molecule has 1 aromatic carbocycles. The molecule has 0 amide bonds. The minimum absolute atomic E-state index is 0.0874. The van der Waals surface area contributed by atoms with Gasteiger partial charge >= 0.3 is 6.18 Å². The van der Waals surface area contributed by atoms with E-state index >= 15 is 0 Å². The van der Waals surface area contributed by atoms with Gasteiger partial charge < -0.3 is 10.5 Å². The van der Waals surface area contributed by atoms with Crippen molar-refractivity contribution in [2.45, 2.75) is 6.18 Å². The van der Waals surface area contributed by atoms with E-state index in [1.165, 1.54) is 7.11 Å². The van der Waals surface area contributed by atoms with E-state index in [0.717, 1.165) is 10.7 Å². The molecule has 4 nitrogen and oxygen atoms in total. The van der Waals surface area contributed by atoms with E-state index in [1.54, 1.807) is 24.3 Å². The zero-order valence-electron chi connectivity index (χ0n) is 9.40. The highest BCUT2D eigenvalue weighted by molar-refractivity contribution is 5.46. The van der Waals surface area contributed by atoms with Gasteiger partial charge in [-0.15, -0.1) is 0 Å². The van der Waals surface area contributed by atoms with Gasteiger partial charge in [0.05, 0.1) is 12.8 Å². The summed E-state index contributed by atoms with van der Waals surface area (Å²) in [6, 6.07) is 7.24. The van der Waals surface area contributed by atoms with Crippen LogP contribution >= 0.6 is 0 Å². The van der Waals surface area contributed by atoms with Crippen molar-refractivity contribution in [1.82, 2.24) is 9.78 Å². The van der Waals surface area contributed by atoms with Crippen LogP contribution < -0.4 is 10.5 Å². The van der Waals surface area contributed by atoms with Crippen molar-refractivity contribution in [3.8, 4) is 11.4 Å². The number of nitrogen functional groups attached to an aromatic ring is 1. The average Bonchev–Trinajstić information content (AvgIpc) is 2.71. The quantitative estimate of drug-likeness (QED) is 0.899. The van der Waals surface area contributed by atoms with Gasteiger partial charge in [-0.1, -0.05) is 6.07 Å². The summed E-state index contributed by atoms with van der Waals surface area (Å²) in [7, 11) is 1.46. The smallest absolute Gasteiger partial charge is 0.435 e. The number of anilines is 1. The lowest BCUT2D eigenvalue weighted by molar-refractivity contribution is -0.141. The number of ether oxygens (including phenoxy) is 1. The maximum absolute atomic E-state index is 12.5. The largest absolute Gasteiger partial charge is 0.497 e. The van der Waals surface area contributed by atoms with Gasteiger partial charge in [-0.05, 0) is 12.1 Å². The molecule has 18 heavy (non-hydrogen) atoms. The molecule has 0 aliphatic heterocycles. The van der Waals surface area contributed by atoms with Crippen LogP contribution in [0, 0.1) is 0 Å². The van der Waals surface area contributed by atoms with Crippen molar-refractivity contribution in [1.29, 1.82) is 0 Å². The van der Waals surface area contributed by atoms with E-state index in [0.29, 0.717) is 11.4 Å². The summed E-state index contributed by atoms with van der Waals surface area (Å²) in [5, 5.41) is 3.44. The molecule has 0 bridgehead atoms. The van der Waals surface area contributed by atoms with Crippen molar-refractivity contribution < 1.29 is 17.9 Å². The van der Waals surface area contributed by atoms with Crippen LogP contribution in [-0.2, 0) is 6.18 Å². The van der Waals surface area contributed by atoms with E-state index in [-0.39, 0.29) is 5.82 Å². The molecular formula is C11H10F3N3O. The van der Waals surface area contributed by atoms with Gasteiger partial charge in [-0.25, -0.2) is 4.68 Å². The van der Waals surface area contributed by atoms with Gasteiger partial charge in [0, 0.05) is 12.1 Å². The average molecular weight is 257 g/mol. The molecule has 0 saturated heterocycles. The topological polar surface area (TPSA) is 53.1 Å². The van der Waals surface area contributed by atoms with Crippen LogP contribution in [-0.4, -0.2) is 16.9 Å². The number of aromatic nitrogens is 2. The minimum atomic E-state index is -4.52. The van der Waals surface area contributed by atoms with Crippen LogP contribution in [0.2, 0.25) is 0 Å². The first-order valence-corrected chi connectivity index (χ1v) is 4.99. The normalized spacial score (nSPS) is 11.6. The standard InChI is InChI=1S/C11H10F3N3O/c1-18-8-4-2-3-7(5-8)17-10(15)6-9(16-17)11(12,13)14/h2-6H,15H2,1H3. The van der Waals surface area contributed by atoms with Crippen molar-refractivity contribution in [2.24, 2.45) is 0 Å². The molecule has 0 aliphatic rings. The first-order valence-electron chi connectivity index (χ1n) is 4.99. The molecule has 1 aromatic heterocycles. The third kappa shape index (κ3) is 2.24. The lowest BCUT2D eigenvalue weighted by atomic mass is 10.3. The van der Waals surface area contributed by atoms with Gasteiger partial charge in [0.2, 0.25) is 0 Å². The first kappa shape index (κ1) is 12.3. The van der Waals surface area contributed by atoms with Crippen molar-refractivity contribution >= 4 is 5.82 Å². The SMILES string of the molecule is COc1cccc(-n2nc(C(F)(F)F)cc2N)c1. The lowest BCUT2D eigenvalue weighted by Gasteiger charge is -2.06. The fraction of sp³-hybridized carbons (Fsp3) is 0.182. The highest BCUT2D eigenvalue weighted by Crippen LogP contribution is 2.30. The summed E-state index contributed by atoms with van der Waals surface area (Å²) >= 11 is 0. The molecule has 0 unspecified atom stereocenters. The number of hydrogen-bond acceptors (Lipinski definition) is 3. The maximum atomic E-state index is 12.5. The Balaban J connectivity index is 2.47. The minimum Gasteiger partial charge on any atom is -0.497 e. The molecule has 2 rings (SSSR count). The Hall–Kier alpha value is -2.18. The van der Waals surface area contributed by atoms with Crippen LogP contribution in [0.3, 0.4) is 0 Å². The van der Waals surface area contributed by atoms with Gasteiger partial charge in [-0.3, -0.25) is 0 Å². The van der Waals surface area contributed by atoms with Gasteiger partial charge in [0.25, 0.3) is 0 Å². The number of nitrogens with zero attached hydrogens (tertiary/aromatic N) is 2. The second kappa shape index (κ2) is 4.25. The Morgan fingerprint density at radius 1 is 1.28 bits per heavy atom. The molecule has 2 aromatic rings. The van der Waals surface area contributed by atoms with Crippen LogP contribution in [0.4, 0.5) is 19.0 Å². The molecule has 0 fully saturated rings. The number of halogens is 3. The van der Waals surface area contributed by atoms with Crippen molar-refractivity contribution in [3.05, 3.63) is 36.0 Å². The molecule has 0 spiro atoms. The Labute approximate surface area is 101 Å². The molecule has 0 aliphatic carbocycles. The van der Waals surface area contributed by atoms with E-state index in [2.05, 4.69) is 5.10 Å². The van der Waals surface area contributed by atoms with Gasteiger partial charge in [0.15, 0.2) is 5.69 Å². The predicted octanol–water partition coefficient (Wildman–Crippen LogP) is 2.48. The highest BCUT2D eigenvalue weighted by atomic mass is 19.4. The number of hydrogen-bond donors (Lipinski definition) is 1. The summed E-state index contributed by atoms with van der Waals surface area (Å²) in [6.07, 6.45) is -4.52. The molecule has 1 heterocycles. The molecule has 7 heteroatoms. The second-order valence-corrected chi connectivity index (χ2v) is 3.57. The fourth-order valence-electron chi connectivity index (χ4n) is 1.48. The maximum Gasteiger partial charge on any atom is 0.435 e. The molecule has 0 saturated carbocycles. The monoisotopic (exact) mass is 257 g/mol. The zero-order valence-corrected chi connectivity index (χ0v) is 9.40. The van der Waals surface area contributed by atoms with Gasteiger partial charge in [-0.2, -0.15) is 18.3 Å². The molecule has 96 valence electrons. The third-order valence-corrected chi connectivity index (χ3v) is 2.33. The van der Waals surface area contributed by atoms with Crippen molar-refractivity contribution in [2.75, 3.05) is 12.8 Å².